The summed E-state index contributed by atoms with van der Waals surface area (Å²) in [6, 6.07) is 0. The van der Waals surface area contributed by atoms with Crippen LogP contribution in [0.2, 0.25) is 0 Å². The van der Waals surface area contributed by atoms with E-state index in [-0.39, 0.29) is 5.91 Å². The number of amides is 1. The van der Waals surface area contributed by atoms with Gasteiger partial charge in [-0.3, -0.25) is 4.79 Å². The van der Waals surface area contributed by atoms with Gasteiger partial charge in [0.25, 0.3) is 0 Å². The Hall–Kier alpha value is -1.42. The summed E-state index contributed by atoms with van der Waals surface area (Å²) in [6.07, 6.45) is 6.89. The molecule has 0 radical (unpaired) electrons. The molecule has 3 nitrogen and oxygen atoms in total. The van der Waals surface area contributed by atoms with Gasteiger partial charge in [-0.2, -0.15) is 0 Å². The summed E-state index contributed by atoms with van der Waals surface area (Å²) in [5.41, 5.74) is 0.994. The second kappa shape index (κ2) is 6.14. The molecule has 4 heteroatoms. The van der Waals surface area contributed by atoms with Crippen LogP contribution in [0.3, 0.4) is 0 Å². The number of hydrogen-bond acceptors (Lipinski definition) is 3. The number of rotatable bonds is 4. The Morgan fingerprint density at radius 3 is 3.00 bits per heavy atom. The lowest BCUT2D eigenvalue weighted by atomic mass is 10.4. The summed E-state index contributed by atoms with van der Waals surface area (Å²) >= 11 is 1.56. The molecule has 1 rings (SSSR count). The van der Waals surface area contributed by atoms with Crippen LogP contribution >= 0.6 is 11.3 Å². The molecule has 0 atom stereocenters. The van der Waals surface area contributed by atoms with Crippen molar-refractivity contribution in [2.24, 2.45) is 0 Å². The summed E-state index contributed by atoms with van der Waals surface area (Å²) in [5.74, 6) is -0.0963. The van der Waals surface area contributed by atoms with Gasteiger partial charge in [-0.25, -0.2) is 4.98 Å². The van der Waals surface area contributed by atoms with Crippen molar-refractivity contribution in [2.75, 3.05) is 0 Å². The van der Waals surface area contributed by atoms with Crippen LogP contribution in [0.15, 0.2) is 29.7 Å². The second-order valence-electron chi connectivity index (χ2n) is 2.99. The van der Waals surface area contributed by atoms with Gasteiger partial charge < -0.3 is 5.32 Å². The molecule has 0 fully saturated rings. The molecule has 1 heterocycles. The first-order chi connectivity index (χ1) is 7.22. The molecular formula is C11H14N2OS. The van der Waals surface area contributed by atoms with Crippen molar-refractivity contribution in [1.82, 2.24) is 10.3 Å². The third kappa shape index (κ3) is 4.56. The summed E-state index contributed by atoms with van der Waals surface area (Å²) in [4.78, 5) is 15.5. The van der Waals surface area contributed by atoms with Gasteiger partial charge >= 0.3 is 0 Å². The Morgan fingerprint density at radius 1 is 1.60 bits per heavy atom. The van der Waals surface area contributed by atoms with Gasteiger partial charge in [0, 0.05) is 17.2 Å². The lowest BCUT2D eigenvalue weighted by Crippen LogP contribution is -2.20. The normalized spacial score (nSPS) is 11.3. The summed E-state index contributed by atoms with van der Waals surface area (Å²) in [5, 5.41) is 5.66. The molecule has 1 N–H and O–H groups in total. The molecule has 0 spiro atoms. The zero-order valence-corrected chi connectivity index (χ0v) is 9.67. The molecule has 1 aromatic rings. The number of carbonyl (C=O) groups excluding carboxylic acids is 1. The van der Waals surface area contributed by atoms with Gasteiger partial charge in [-0.05, 0) is 13.8 Å². The minimum absolute atomic E-state index is 0.0963. The molecule has 0 bridgehead atoms. The molecular weight excluding hydrogens is 208 g/mol. The fourth-order valence-electron chi connectivity index (χ4n) is 0.960. The first kappa shape index (κ1) is 11.7. The molecule has 0 aliphatic heterocycles. The smallest absolute Gasteiger partial charge is 0.244 e. The highest BCUT2D eigenvalue weighted by molar-refractivity contribution is 7.09. The van der Waals surface area contributed by atoms with E-state index in [1.165, 1.54) is 6.08 Å². The number of hydrogen-bond donors (Lipinski definition) is 1. The standard InChI is InChI=1S/C11H14N2OS/c1-3-4-5-6-10(14)12-7-11-13-9(2)8-15-11/h3-6,8H,7H2,1-2H3,(H,12,14)/b4-3+,6-5+. The topological polar surface area (TPSA) is 42.0 Å². The maximum atomic E-state index is 11.2. The van der Waals surface area contributed by atoms with Crippen LogP contribution in [0, 0.1) is 6.92 Å². The zero-order chi connectivity index (χ0) is 11.1. The molecule has 1 amide bonds. The second-order valence-corrected chi connectivity index (χ2v) is 3.93. The van der Waals surface area contributed by atoms with Crippen LogP contribution < -0.4 is 5.32 Å². The Kier molecular flexibility index (Phi) is 4.77. The number of nitrogens with one attached hydrogen (secondary N) is 1. The average Bonchev–Trinajstić information content (AvgIpc) is 2.62. The van der Waals surface area contributed by atoms with Crippen LogP contribution in [0.4, 0.5) is 0 Å². The minimum Gasteiger partial charge on any atom is -0.346 e. The van der Waals surface area contributed by atoms with E-state index in [4.69, 9.17) is 0 Å². The monoisotopic (exact) mass is 222 g/mol. The largest absolute Gasteiger partial charge is 0.346 e. The fraction of sp³-hybridized carbons (Fsp3) is 0.273. The minimum atomic E-state index is -0.0963. The number of allylic oxidation sites excluding steroid dienone is 3. The maximum absolute atomic E-state index is 11.2. The molecule has 15 heavy (non-hydrogen) atoms. The first-order valence-corrected chi connectivity index (χ1v) is 5.58. The lowest BCUT2D eigenvalue weighted by molar-refractivity contribution is -0.116. The van der Waals surface area contributed by atoms with E-state index in [2.05, 4.69) is 10.3 Å². The molecule has 1 aromatic heterocycles. The highest BCUT2D eigenvalue weighted by atomic mass is 32.1. The quantitative estimate of drug-likeness (QED) is 0.627. The number of aromatic nitrogens is 1. The Morgan fingerprint density at radius 2 is 2.40 bits per heavy atom. The highest BCUT2D eigenvalue weighted by Gasteiger charge is 1.99. The van der Waals surface area contributed by atoms with Gasteiger partial charge in [0.05, 0.1) is 6.54 Å². The van der Waals surface area contributed by atoms with E-state index in [1.807, 2.05) is 31.4 Å². The van der Waals surface area contributed by atoms with Crippen LogP contribution in [0.1, 0.15) is 17.6 Å². The Balaban J connectivity index is 2.34. The SMILES string of the molecule is C/C=C/C=C/C(=O)NCc1nc(C)cs1. The van der Waals surface area contributed by atoms with Crippen molar-refractivity contribution >= 4 is 17.2 Å². The average molecular weight is 222 g/mol. The van der Waals surface area contributed by atoms with E-state index in [1.54, 1.807) is 17.4 Å². The van der Waals surface area contributed by atoms with Crippen molar-refractivity contribution < 1.29 is 4.79 Å². The van der Waals surface area contributed by atoms with Crippen LogP contribution in [0.25, 0.3) is 0 Å². The summed E-state index contributed by atoms with van der Waals surface area (Å²) < 4.78 is 0. The first-order valence-electron chi connectivity index (χ1n) is 4.70. The van der Waals surface area contributed by atoms with Crippen molar-refractivity contribution in [2.45, 2.75) is 20.4 Å². The number of thiazole rings is 1. The zero-order valence-electron chi connectivity index (χ0n) is 8.86. The number of aryl methyl sites for hydroxylation is 1. The third-order valence-electron chi connectivity index (χ3n) is 1.63. The Bertz CT molecular complexity index is 380. The van der Waals surface area contributed by atoms with Gasteiger partial charge in [0.2, 0.25) is 5.91 Å². The van der Waals surface area contributed by atoms with Gasteiger partial charge in [0.1, 0.15) is 5.01 Å². The van der Waals surface area contributed by atoms with Crippen LogP contribution in [-0.2, 0) is 11.3 Å². The Labute approximate surface area is 93.5 Å². The maximum Gasteiger partial charge on any atom is 0.244 e. The van der Waals surface area contributed by atoms with Gasteiger partial charge in [-0.1, -0.05) is 18.2 Å². The third-order valence-corrected chi connectivity index (χ3v) is 2.60. The van der Waals surface area contributed by atoms with E-state index in [0.29, 0.717) is 6.54 Å². The predicted octanol–water partition coefficient (Wildman–Crippen LogP) is 2.20. The number of nitrogens with zero attached hydrogens (tertiary/aromatic N) is 1. The van der Waals surface area contributed by atoms with Gasteiger partial charge in [0.15, 0.2) is 0 Å². The molecule has 80 valence electrons. The molecule has 0 aliphatic carbocycles. The highest BCUT2D eigenvalue weighted by Crippen LogP contribution is 2.07. The van der Waals surface area contributed by atoms with E-state index in [9.17, 15) is 4.79 Å². The predicted molar refractivity (Wildman–Crippen MR) is 62.7 cm³/mol. The fourth-order valence-corrected chi connectivity index (χ4v) is 1.67. The van der Waals surface area contributed by atoms with E-state index >= 15 is 0 Å². The summed E-state index contributed by atoms with van der Waals surface area (Å²) in [6.45, 7) is 4.34. The molecule has 0 unspecified atom stereocenters. The lowest BCUT2D eigenvalue weighted by Gasteiger charge is -1.96. The van der Waals surface area contributed by atoms with Crippen molar-refractivity contribution in [3.05, 3.63) is 40.4 Å². The van der Waals surface area contributed by atoms with Crippen molar-refractivity contribution in [3.8, 4) is 0 Å². The van der Waals surface area contributed by atoms with Crippen LogP contribution in [0.5, 0.6) is 0 Å². The molecule has 0 aromatic carbocycles. The van der Waals surface area contributed by atoms with Crippen molar-refractivity contribution in [1.29, 1.82) is 0 Å². The number of carbonyl (C=O) groups is 1. The van der Waals surface area contributed by atoms with Crippen LogP contribution in [-0.4, -0.2) is 10.9 Å². The van der Waals surface area contributed by atoms with E-state index < -0.39 is 0 Å². The molecule has 0 saturated carbocycles. The van der Waals surface area contributed by atoms with Gasteiger partial charge in [-0.15, -0.1) is 11.3 Å². The molecule has 0 saturated heterocycles. The molecule has 0 aliphatic rings. The van der Waals surface area contributed by atoms with E-state index in [0.717, 1.165) is 10.7 Å². The summed E-state index contributed by atoms with van der Waals surface area (Å²) in [7, 11) is 0. The van der Waals surface area contributed by atoms with Crippen molar-refractivity contribution in [3.63, 3.8) is 0 Å².